The van der Waals surface area contributed by atoms with Crippen LogP contribution in [0, 0.1) is 13.8 Å². The summed E-state index contributed by atoms with van der Waals surface area (Å²) in [5, 5.41) is 3.01. The number of nitrogens with one attached hydrogen (secondary N) is 1. The summed E-state index contributed by atoms with van der Waals surface area (Å²) in [5.41, 5.74) is 6.37. The molecule has 6 heteroatoms. The number of rotatable bonds is 6. The Balaban J connectivity index is 1.80. The lowest BCUT2D eigenvalue weighted by molar-refractivity contribution is -0.122. The second kappa shape index (κ2) is 8.80. The number of sulfonamides is 1. The summed E-state index contributed by atoms with van der Waals surface area (Å²) in [4.78, 5) is 13.0. The fourth-order valence-electron chi connectivity index (χ4n) is 4.11. The first kappa shape index (κ1) is 22.3. The summed E-state index contributed by atoms with van der Waals surface area (Å²) < 4.78 is 26.3. The van der Waals surface area contributed by atoms with Crippen molar-refractivity contribution in [3.8, 4) is 0 Å². The minimum Gasteiger partial charge on any atom is -0.348 e. The van der Waals surface area contributed by atoms with E-state index in [-0.39, 0.29) is 11.9 Å². The number of nitrogens with zero attached hydrogens (tertiary/aromatic N) is 1. The van der Waals surface area contributed by atoms with Crippen LogP contribution in [0.1, 0.15) is 60.5 Å². The summed E-state index contributed by atoms with van der Waals surface area (Å²) in [6.07, 6.45) is 5.77. The van der Waals surface area contributed by atoms with Crippen LogP contribution in [0.15, 0.2) is 36.4 Å². The molecule has 0 aromatic heterocycles. The molecule has 2 aromatic rings. The highest BCUT2D eigenvalue weighted by molar-refractivity contribution is 7.92. The number of hydrogen-bond donors (Lipinski definition) is 1. The molecule has 5 nitrogen and oxygen atoms in total. The van der Waals surface area contributed by atoms with Gasteiger partial charge >= 0.3 is 0 Å². The van der Waals surface area contributed by atoms with E-state index in [1.165, 1.54) is 28.3 Å². The number of benzene rings is 2. The van der Waals surface area contributed by atoms with E-state index < -0.39 is 16.1 Å². The van der Waals surface area contributed by atoms with Crippen molar-refractivity contribution in [2.24, 2.45) is 0 Å². The fraction of sp³-hybridized carbons (Fsp3) is 0.458. The first-order valence-corrected chi connectivity index (χ1v) is 12.4. The van der Waals surface area contributed by atoms with Crippen LogP contribution in [0.5, 0.6) is 0 Å². The summed E-state index contributed by atoms with van der Waals surface area (Å²) in [5.74, 6) is -0.316. The zero-order valence-corrected chi connectivity index (χ0v) is 19.3. The summed E-state index contributed by atoms with van der Waals surface area (Å²) >= 11 is 0. The second-order valence-corrected chi connectivity index (χ2v) is 10.3. The first-order valence-electron chi connectivity index (χ1n) is 10.6. The number of fused-ring (bicyclic) bond motifs is 1. The smallest absolute Gasteiger partial charge is 0.244 e. The minimum atomic E-state index is -3.63. The quantitative estimate of drug-likeness (QED) is 0.749. The second-order valence-electron chi connectivity index (χ2n) is 8.47. The van der Waals surface area contributed by atoms with E-state index in [0.717, 1.165) is 35.8 Å². The van der Waals surface area contributed by atoms with Gasteiger partial charge in [0.15, 0.2) is 0 Å². The fourth-order valence-corrected chi connectivity index (χ4v) is 5.28. The summed E-state index contributed by atoms with van der Waals surface area (Å²) in [6.45, 7) is 7.48. The van der Waals surface area contributed by atoms with E-state index >= 15 is 0 Å². The molecule has 0 bridgehead atoms. The van der Waals surface area contributed by atoms with Crippen LogP contribution in [0.25, 0.3) is 0 Å². The predicted molar refractivity (Wildman–Crippen MR) is 122 cm³/mol. The summed E-state index contributed by atoms with van der Waals surface area (Å²) in [7, 11) is -3.63. The van der Waals surface area contributed by atoms with Gasteiger partial charge in [0.05, 0.1) is 18.0 Å². The van der Waals surface area contributed by atoms with Gasteiger partial charge in [-0.1, -0.05) is 24.3 Å². The largest absolute Gasteiger partial charge is 0.348 e. The first-order chi connectivity index (χ1) is 14.1. The van der Waals surface area contributed by atoms with E-state index in [1.807, 2.05) is 32.9 Å². The van der Waals surface area contributed by atoms with Crippen molar-refractivity contribution in [2.75, 3.05) is 10.6 Å². The van der Waals surface area contributed by atoms with Crippen LogP contribution in [-0.2, 0) is 27.7 Å². The molecule has 0 spiro atoms. The van der Waals surface area contributed by atoms with E-state index in [4.69, 9.17) is 0 Å². The Bertz CT molecular complexity index is 1050. The van der Waals surface area contributed by atoms with Gasteiger partial charge in [-0.25, -0.2) is 8.42 Å². The van der Waals surface area contributed by atoms with Crippen molar-refractivity contribution in [3.05, 3.63) is 64.2 Å². The highest BCUT2D eigenvalue weighted by Gasteiger charge is 2.30. The highest BCUT2D eigenvalue weighted by atomic mass is 32.2. The third kappa shape index (κ3) is 4.86. The van der Waals surface area contributed by atoms with Gasteiger partial charge in [0.2, 0.25) is 15.9 Å². The average molecular weight is 429 g/mol. The molecule has 0 aliphatic heterocycles. The molecule has 0 unspecified atom stereocenters. The van der Waals surface area contributed by atoms with E-state index in [2.05, 4.69) is 23.5 Å². The Morgan fingerprint density at radius 2 is 1.63 bits per heavy atom. The Morgan fingerprint density at radius 1 is 0.967 bits per heavy atom. The molecule has 1 aliphatic carbocycles. The van der Waals surface area contributed by atoms with Crippen molar-refractivity contribution in [1.29, 1.82) is 0 Å². The van der Waals surface area contributed by atoms with Gasteiger partial charge in [0.25, 0.3) is 0 Å². The van der Waals surface area contributed by atoms with E-state index in [1.54, 1.807) is 13.0 Å². The number of carbonyl (C=O) groups is 1. The zero-order valence-electron chi connectivity index (χ0n) is 18.5. The molecule has 0 saturated carbocycles. The molecule has 0 saturated heterocycles. The maximum absolute atomic E-state index is 13.0. The van der Waals surface area contributed by atoms with Gasteiger partial charge in [-0.15, -0.1) is 0 Å². The van der Waals surface area contributed by atoms with Crippen molar-refractivity contribution >= 4 is 21.6 Å². The molecule has 30 heavy (non-hydrogen) atoms. The van der Waals surface area contributed by atoms with Gasteiger partial charge in [-0.2, -0.15) is 0 Å². The van der Waals surface area contributed by atoms with Crippen LogP contribution in [0.2, 0.25) is 0 Å². The maximum Gasteiger partial charge on any atom is 0.244 e. The van der Waals surface area contributed by atoms with Crippen molar-refractivity contribution in [2.45, 2.75) is 65.5 Å². The molecule has 1 N–H and O–H groups in total. The molecule has 2 atom stereocenters. The van der Waals surface area contributed by atoms with Gasteiger partial charge < -0.3 is 5.32 Å². The molecule has 0 heterocycles. The van der Waals surface area contributed by atoms with Crippen LogP contribution >= 0.6 is 0 Å². The predicted octanol–water partition coefficient (Wildman–Crippen LogP) is 4.21. The number of hydrogen-bond acceptors (Lipinski definition) is 3. The van der Waals surface area contributed by atoms with E-state index in [0.29, 0.717) is 5.69 Å². The molecular weight excluding hydrogens is 396 g/mol. The molecule has 162 valence electrons. The molecule has 1 amide bonds. The number of anilines is 1. The van der Waals surface area contributed by atoms with Crippen LogP contribution < -0.4 is 9.62 Å². The molecule has 1 aliphatic rings. The van der Waals surface area contributed by atoms with E-state index in [9.17, 15) is 13.2 Å². The van der Waals surface area contributed by atoms with Crippen LogP contribution in [0.4, 0.5) is 5.69 Å². The molecule has 2 aromatic carbocycles. The van der Waals surface area contributed by atoms with Gasteiger partial charge in [-0.05, 0) is 93.3 Å². The molecule has 0 radical (unpaired) electrons. The highest BCUT2D eigenvalue weighted by Crippen LogP contribution is 2.26. The topological polar surface area (TPSA) is 66.5 Å². The Labute approximate surface area is 180 Å². The zero-order chi connectivity index (χ0) is 22.1. The molecule has 0 fully saturated rings. The monoisotopic (exact) mass is 428 g/mol. The number of aryl methyl sites for hydroxylation is 4. The lowest BCUT2D eigenvalue weighted by Crippen LogP contribution is -2.48. The number of carbonyl (C=O) groups excluding carboxylic acids is 1. The van der Waals surface area contributed by atoms with Crippen LogP contribution in [-0.4, -0.2) is 26.6 Å². The van der Waals surface area contributed by atoms with Gasteiger partial charge in [0.1, 0.15) is 6.04 Å². The Kier molecular flexibility index (Phi) is 6.56. The molecular formula is C24H32N2O3S. The minimum absolute atomic E-state index is 0.201. The lowest BCUT2D eigenvalue weighted by Gasteiger charge is -2.30. The summed E-state index contributed by atoms with van der Waals surface area (Å²) in [6, 6.07) is 10.8. The number of amides is 1. The SMILES string of the molecule is Cc1ccc(N([C@H](C)C(=O)N[C@@H](C)c2ccc3c(c2)CCCC3)S(C)(=O)=O)cc1C. The van der Waals surface area contributed by atoms with Crippen molar-refractivity contribution < 1.29 is 13.2 Å². The Hall–Kier alpha value is -2.34. The third-order valence-corrected chi connectivity index (χ3v) is 7.31. The standard InChI is InChI=1S/C24H32N2O3S/c1-16-10-13-23(14-17(16)2)26(30(5,28)29)19(4)24(27)25-18(3)21-12-11-20-8-6-7-9-22(20)15-21/h10-15,18-19H,6-9H2,1-5H3,(H,25,27)/t18-,19+/m0/s1. The normalized spacial score (nSPS) is 15.8. The van der Waals surface area contributed by atoms with Gasteiger partial charge in [-0.3, -0.25) is 9.10 Å². The van der Waals surface area contributed by atoms with Crippen molar-refractivity contribution in [3.63, 3.8) is 0 Å². The lowest BCUT2D eigenvalue weighted by atomic mass is 9.89. The van der Waals surface area contributed by atoms with Crippen molar-refractivity contribution in [1.82, 2.24) is 5.32 Å². The van der Waals surface area contributed by atoms with Crippen LogP contribution in [0.3, 0.4) is 0 Å². The Morgan fingerprint density at radius 3 is 2.27 bits per heavy atom. The third-order valence-electron chi connectivity index (χ3n) is 6.06. The average Bonchev–Trinajstić information content (AvgIpc) is 2.69. The van der Waals surface area contributed by atoms with Gasteiger partial charge in [0, 0.05) is 0 Å². The maximum atomic E-state index is 13.0. The molecule has 3 rings (SSSR count).